The number of ether oxygens (including phenoxy) is 2. The normalized spacial score (nSPS) is 21.6. The average Bonchev–Trinajstić information content (AvgIpc) is 3.43. The van der Waals surface area contributed by atoms with Crippen molar-refractivity contribution in [2.75, 3.05) is 26.9 Å². The molecule has 2 aliphatic carbocycles. The molecule has 1 aliphatic heterocycles. The number of aliphatic carboxylic acids is 1. The standard InChI is InChI=1S/C27H30N2O6/c1-29(27(25(31)32)12-13-34-16-27)24(30)23(14-17-10-11-17)28-26(33)35-15-22-20-8-4-2-6-18(20)19-7-3-5-9-21(19)22/h2-9,17,22-23H,10-16H2,1H3,(H,28,33)(H,31,32)/t23-,27?/m0/s1. The number of hydrogen-bond acceptors (Lipinski definition) is 5. The lowest BCUT2D eigenvalue weighted by Gasteiger charge is -2.36. The van der Waals surface area contributed by atoms with Crippen molar-refractivity contribution in [2.45, 2.75) is 43.2 Å². The molecule has 2 amide bonds. The zero-order valence-electron chi connectivity index (χ0n) is 19.7. The second-order valence-electron chi connectivity index (χ2n) is 9.74. The number of alkyl carbamates (subject to hydrolysis) is 1. The van der Waals surface area contributed by atoms with Gasteiger partial charge in [-0.25, -0.2) is 9.59 Å². The van der Waals surface area contributed by atoms with Crippen molar-refractivity contribution in [3.8, 4) is 11.1 Å². The minimum Gasteiger partial charge on any atom is -0.479 e. The van der Waals surface area contributed by atoms with E-state index in [1.165, 1.54) is 11.9 Å². The maximum Gasteiger partial charge on any atom is 0.407 e. The summed E-state index contributed by atoms with van der Waals surface area (Å²) in [7, 11) is 1.48. The van der Waals surface area contributed by atoms with E-state index in [0.29, 0.717) is 12.3 Å². The molecule has 0 aromatic heterocycles. The van der Waals surface area contributed by atoms with Crippen molar-refractivity contribution in [3.05, 3.63) is 59.7 Å². The quantitative estimate of drug-likeness (QED) is 0.603. The number of likely N-dealkylation sites (N-methyl/N-ethyl adjacent to an activating group) is 1. The number of carbonyl (C=O) groups excluding carboxylic acids is 2. The molecule has 1 unspecified atom stereocenters. The first-order chi connectivity index (χ1) is 16.9. The summed E-state index contributed by atoms with van der Waals surface area (Å²) >= 11 is 0. The molecule has 3 aliphatic rings. The molecular weight excluding hydrogens is 448 g/mol. The number of rotatable bonds is 8. The Kier molecular flexibility index (Phi) is 6.23. The Balaban J connectivity index is 1.28. The maximum atomic E-state index is 13.4. The molecule has 2 aromatic rings. The van der Waals surface area contributed by atoms with Gasteiger partial charge in [0.1, 0.15) is 12.6 Å². The number of carboxylic acids is 1. The number of benzene rings is 2. The second kappa shape index (κ2) is 9.34. The molecule has 35 heavy (non-hydrogen) atoms. The first-order valence-electron chi connectivity index (χ1n) is 12.1. The Bertz CT molecular complexity index is 1090. The van der Waals surface area contributed by atoms with Crippen LogP contribution in [0.5, 0.6) is 0 Å². The molecule has 8 heteroatoms. The van der Waals surface area contributed by atoms with Crippen LogP contribution in [0.2, 0.25) is 0 Å². The van der Waals surface area contributed by atoms with Gasteiger partial charge in [-0.3, -0.25) is 4.79 Å². The van der Waals surface area contributed by atoms with Gasteiger partial charge in [-0.15, -0.1) is 0 Å². The summed E-state index contributed by atoms with van der Waals surface area (Å²) in [6.07, 6.45) is 1.99. The van der Waals surface area contributed by atoms with Gasteiger partial charge in [0.2, 0.25) is 5.91 Å². The Labute approximate surface area is 204 Å². The summed E-state index contributed by atoms with van der Waals surface area (Å²) in [6.45, 7) is 0.357. The zero-order chi connectivity index (χ0) is 24.6. The lowest BCUT2D eigenvalue weighted by molar-refractivity contribution is -0.158. The first kappa shape index (κ1) is 23.4. The fraction of sp³-hybridized carbons (Fsp3) is 0.444. The molecule has 2 atom stereocenters. The van der Waals surface area contributed by atoms with E-state index in [0.717, 1.165) is 35.1 Å². The highest BCUT2D eigenvalue weighted by Gasteiger charge is 2.50. The van der Waals surface area contributed by atoms with E-state index in [4.69, 9.17) is 9.47 Å². The summed E-state index contributed by atoms with van der Waals surface area (Å²) in [5.74, 6) is -1.28. The van der Waals surface area contributed by atoms with Crippen LogP contribution in [0.4, 0.5) is 4.79 Å². The Morgan fingerprint density at radius 1 is 1.11 bits per heavy atom. The molecular formula is C27H30N2O6. The first-order valence-corrected chi connectivity index (χ1v) is 12.1. The maximum absolute atomic E-state index is 13.4. The number of hydrogen-bond donors (Lipinski definition) is 2. The van der Waals surface area contributed by atoms with E-state index in [9.17, 15) is 19.5 Å². The van der Waals surface area contributed by atoms with Crippen LogP contribution < -0.4 is 5.32 Å². The number of fused-ring (bicyclic) bond motifs is 3. The molecule has 1 heterocycles. The molecule has 0 radical (unpaired) electrons. The van der Waals surface area contributed by atoms with E-state index >= 15 is 0 Å². The van der Waals surface area contributed by atoms with Gasteiger partial charge in [0.15, 0.2) is 5.54 Å². The lowest BCUT2D eigenvalue weighted by atomic mass is 9.95. The van der Waals surface area contributed by atoms with Crippen molar-refractivity contribution >= 4 is 18.0 Å². The summed E-state index contributed by atoms with van der Waals surface area (Å²) in [4.78, 5) is 39.5. The summed E-state index contributed by atoms with van der Waals surface area (Å²) < 4.78 is 11.0. The number of nitrogens with one attached hydrogen (secondary N) is 1. The van der Waals surface area contributed by atoms with Gasteiger partial charge >= 0.3 is 12.1 Å². The predicted molar refractivity (Wildman–Crippen MR) is 128 cm³/mol. The van der Waals surface area contributed by atoms with Crippen molar-refractivity contribution in [2.24, 2.45) is 5.92 Å². The third kappa shape index (κ3) is 4.38. The average molecular weight is 479 g/mol. The molecule has 1 saturated carbocycles. The molecule has 0 spiro atoms. The highest BCUT2D eigenvalue weighted by molar-refractivity contribution is 5.91. The Morgan fingerprint density at radius 2 is 1.74 bits per heavy atom. The molecule has 2 aromatic carbocycles. The second-order valence-corrected chi connectivity index (χ2v) is 9.74. The van der Waals surface area contributed by atoms with Crippen LogP contribution in [0.15, 0.2) is 48.5 Å². The molecule has 2 N–H and O–H groups in total. The van der Waals surface area contributed by atoms with Crippen LogP contribution in [-0.4, -0.2) is 66.4 Å². The van der Waals surface area contributed by atoms with E-state index in [1.54, 1.807) is 0 Å². The molecule has 184 valence electrons. The fourth-order valence-electron chi connectivity index (χ4n) is 5.27. The SMILES string of the molecule is CN(C(=O)[C@H](CC1CC1)NC(=O)OCC1c2ccccc2-c2ccccc21)C1(C(=O)O)CCOC1. The number of carbonyl (C=O) groups is 3. The highest BCUT2D eigenvalue weighted by Crippen LogP contribution is 2.44. The number of nitrogens with zero attached hydrogens (tertiary/aromatic N) is 1. The summed E-state index contributed by atoms with van der Waals surface area (Å²) in [6, 6.07) is 15.3. The predicted octanol–water partition coefficient (Wildman–Crippen LogP) is 3.40. The highest BCUT2D eigenvalue weighted by atomic mass is 16.5. The minimum absolute atomic E-state index is 0.0638. The molecule has 8 nitrogen and oxygen atoms in total. The van der Waals surface area contributed by atoms with Crippen molar-refractivity contribution < 1.29 is 29.0 Å². The van der Waals surface area contributed by atoms with Crippen LogP contribution in [0, 0.1) is 5.92 Å². The monoisotopic (exact) mass is 478 g/mol. The van der Waals surface area contributed by atoms with Crippen molar-refractivity contribution in [3.63, 3.8) is 0 Å². The number of amides is 2. The van der Waals surface area contributed by atoms with Crippen molar-refractivity contribution in [1.82, 2.24) is 10.2 Å². The van der Waals surface area contributed by atoms with E-state index in [-0.39, 0.29) is 32.2 Å². The summed E-state index contributed by atoms with van der Waals surface area (Å²) in [5.41, 5.74) is 3.08. The van der Waals surface area contributed by atoms with E-state index in [2.05, 4.69) is 17.4 Å². The van der Waals surface area contributed by atoms with Crippen LogP contribution in [0.25, 0.3) is 11.1 Å². The van der Waals surface area contributed by atoms with Crippen LogP contribution in [-0.2, 0) is 19.1 Å². The van der Waals surface area contributed by atoms with Gasteiger partial charge in [-0.2, -0.15) is 0 Å². The van der Waals surface area contributed by atoms with Gasteiger partial charge in [0, 0.05) is 26.0 Å². The van der Waals surface area contributed by atoms with Crippen molar-refractivity contribution in [1.29, 1.82) is 0 Å². The fourth-order valence-corrected chi connectivity index (χ4v) is 5.27. The van der Waals surface area contributed by atoms with Gasteiger partial charge in [-0.1, -0.05) is 61.4 Å². The smallest absolute Gasteiger partial charge is 0.407 e. The van der Waals surface area contributed by atoms with Crippen LogP contribution >= 0.6 is 0 Å². The topological polar surface area (TPSA) is 105 Å². The van der Waals surface area contributed by atoms with Gasteiger partial charge in [0.25, 0.3) is 0 Å². The molecule has 5 rings (SSSR count). The Hall–Kier alpha value is -3.39. The third-order valence-electron chi connectivity index (χ3n) is 7.57. The Morgan fingerprint density at radius 3 is 2.29 bits per heavy atom. The summed E-state index contributed by atoms with van der Waals surface area (Å²) in [5, 5.41) is 12.6. The number of carboxylic acid groups (broad SMARTS) is 1. The molecule has 0 bridgehead atoms. The zero-order valence-corrected chi connectivity index (χ0v) is 19.7. The van der Waals surface area contributed by atoms with Gasteiger partial charge < -0.3 is 24.8 Å². The van der Waals surface area contributed by atoms with Gasteiger partial charge in [0.05, 0.1) is 6.61 Å². The van der Waals surface area contributed by atoms with Crippen LogP contribution in [0.3, 0.4) is 0 Å². The van der Waals surface area contributed by atoms with Crippen LogP contribution in [0.1, 0.15) is 42.7 Å². The minimum atomic E-state index is -1.41. The largest absolute Gasteiger partial charge is 0.479 e. The lowest BCUT2D eigenvalue weighted by Crippen LogP contribution is -2.60. The van der Waals surface area contributed by atoms with E-state index < -0.39 is 29.6 Å². The van der Waals surface area contributed by atoms with E-state index in [1.807, 2.05) is 36.4 Å². The molecule has 2 fully saturated rings. The van der Waals surface area contributed by atoms with Gasteiger partial charge in [-0.05, 0) is 34.6 Å². The third-order valence-corrected chi connectivity index (χ3v) is 7.57. The molecule has 1 saturated heterocycles.